The zero-order chi connectivity index (χ0) is 10.2. The number of H-pyrrole nitrogens is 1. The first-order valence-electron chi connectivity index (χ1n) is 3.53. The Hall–Kier alpha value is -1.50. The van der Waals surface area contributed by atoms with Crippen LogP contribution >= 0.6 is 12.2 Å². The summed E-state index contributed by atoms with van der Waals surface area (Å²) in [6.45, 7) is 0. The van der Waals surface area contributed by atoms with E-state index in [2.05, 4.69) is 4.98 Å². The summed E-state index contributed by atoms with van der Waals surface area (Å²) in [6.07, 6.45) is 0. The number of nitrogen functional groups attached to an aromatic ring is 2. The molecule has 0 bridgehead atoms. The number of rotatable bonds is 1. The second-order valence-corrected chi connectivity index (χ2v) is 3.10. The molecule has 7 heteroatoms. The van der Waals surface area contributed by atoms with Crippen LogP contribution in [0.5, 0.6) is 0 Å². The van der Waals surface area contributed by atoms with Crippen molar-refractivity contribution in [3.8, 4) is 0 Å². The van der Waals surface area contributed by atoms with Crippen molar-refractivity contribution in [2.45, 2.75) is 0 Å². The Bertz CT molecular complexity index is 432. The summed E-state index contributed by atoms with van der Waals surface area (Å²) in [6, 6.07) is 0. The summed E-state index contributed by atoms with van der Waals surface area (Å²) in [4.78, 5) is 13.5. The molecule has 13 heavy (non-hydrogen) atoms. The molecule has 1 aromatic heterocycles. The monoisotopic (exact) mass is 201 g/mol. The smallest absolute Gasteiger partial charge is 0.277 e. The maximum absolute atomic E-state index is 11.1. The SMILES string of the molecule is CN(C)n1c(N)c(N)c(=O)[nH]c1=S. The molecule has 1 aromatic rings. The van der Waals surface area contributed by atoms with Crippen LogP contribution in [0.15, 0.2) is 4.79 Å². The molecular weight excluding hydrogens is 190 g/mol. The van der Waals surface area contributed by atoms with Crippen molar-refractivity contribution in [1.82, 2.24) is 9.66 Å². The first kappa shape index (κ1) is 9.59. The van der Waals surface area contributed by atoms with E-state index in [4.69, 9.17) is 23.7 Å². The van der Waals surface area contributed by atoms with Gasteiger partial charge in [-0.25, -0.2) is 4.68 Å². The highest BCUT2D eigenvalue weighted by Gasteiger charge is 2.07. The molecule has 72 valence electrons. The van der Waals surface area contributed by atoms with E-state index in [1.165, 1.54) is 4.68 Å². The molecule has 0 aliphatic heterocycles. The van der Waals surface area contributed by atoms with Gasteiger partial charge in [-0.05, 0) is 12.2 Å². The van der Waals surface area contributed by atoms with Gasteiger partial charge in [0.25, 0.3) is 5.56 Å². The Labute approximate surface area is 79.7 Å². The average molecular weight is 201 g/mol. The van der Waals surface area contributed by atoms with Gasteiger partial charge in [-0.1, -0.05) is 0 Å². The lowest BCUT2D eigenvalue weighted by atomic mass is 10.5. The molecule has 0 fully saturated rings. The Balaban J connectivity index is 3.63. The molecule has 0 spiro atoms. The van der Waals surface area contributed by atoms with E-state index in [1.54, 1.807) is 19.1 Å². The van der Waals surface area contributed by atoms with Crippen LogP contribution in [0.1, 0.15) is 0 Å². The maximum Gasteiger partial charge on any atom is 0.277 e. The van der Waals surface area contributed by atoms with Crippen LogP contribution in [-0.4, -0.2) is 23.8 Å². The van der Waals surface area contributed by atoms with Gasteiger partial charge >= 0.3 is 0 Å². The average Bonchev–Trinajstić information content (AvgIpc) is 1.99. The summed E-state index contributed by atoms with van der Waals surface area (Å²) < 4.78 is 1.66. The predicted molar refractivity (Wildman–Crippen MR) is 54.8 cm³/mol. The second-order valence-electron chi connectivity index (χ2n) is 2.72. The molecule has 0 unspecified atom stereocenters. The number of nitrogens with one attached hydrogen (secondary N) is 1. The molecule has 0 atom stereocenters. The van der Waals surface area contributed by atoms with Crippen molar-refractivity contribution in [2.24, 2.45) is 0 Å². The molecule has 0 amide bonds. The van der Waals surface area contributed by atoms with Gasteiger partial charge in [-0.3, -0.25) is 9.78 Å². The van der Waals surface area contributed by atoms with Crippen molar-refractivity contribution < 1.29 is 0 Å². The standard InChI is InChI=1S/C6H11N5OS/c1-10(2)11-4(8)3(7)5(12)9-6(11)13/h7-8H2,1-2H3,(H,9,12,13). The van der Waals surface area contributed by atoms with Gasteiger partial charge in [0.05, 0.1) is 0 Å². The number of aromatic nitrogens is 2. The second kappa shape index (κ2) is 3.09. The summed E-state index contributed by atoms with van der Waals surface area (Å²) in [5.74, 6) is 0.152. The summed E-state index contributed by atoms with van der Waals surface area (Å²) >= 11 is 4.89. The quantitative estimate of drug-likeness (QED) is 0.521. The van der Waals surface area contributed by atoms with E-state index in [1.807, 2.05) is 0 Å². The van der Waals surface area contributed by atoms with E-state index in [0.29, 0.717) is 0 Å². The molecule has 0 saturated carbocycles. The fraction of sp³-hybridized carbons (Fsp3) is 0.333. The molecule has 0 aliphatic carbocycles. The van der Waals surface area contributed by atoms with Crippen LogP contribution in [0.25, 0.3) is 0 Å². The number of anilines is 2. The van der Waals surface area contributed by atoms with E-state index in [-0.39, 0.29) is 16.3 Å². The van der Waals surface area contributed by atoms with E-state index in [9.17, 15) is 4.79 Å². The third-order valence-electron chi connectivity index (χ3n) is 1.56. The van der Waals surface area contributed by atoms with E-state index < -0.39 is 5.56 Å². The maximum atomic E-state index is 11.1. The van der Waals surface area contributed by atoms with Crippen molar-refractivity contribution >= 4 is 23.7 Å². The largest absolute Gasteiger partial charge is 0.391 e. The van der Waals surface area contributed by atoms with Gasteiger partial charge < -0.3 is 16.5 Å². The fourth-order valence-corrected chi connectivity index (χ4v) is 1.31. The van der Waals surface area contributed by atoms with Gasteiger partial charge in [0.1, 0.15) is 5.69 Å². The van der Waals surface area contributed by atoms with Crippen molar-refractivity contribution in [3.05, 3.63) is 15.1 Å². The Morgan fingerprint density at radius 3 is 2.46 bits per heavy atom. The zero-order valence-corrected chi connectivity index (χ0v) is 8.18. The third kappa shape index (κ3) is 1.50. The molecule has 0 aliphatic rings. The van der Waals surface area contributed by atoms with Gasteiger partial charge in [-0.15, -0.1) is 0 Å². The molecular formula is C6H11N5OS. The molecule has 0 radical (unpaired) electrons. The fourth-order valence-electron chi connectivity index (χ4n) is 0.954. The normalized spacial score (nSPS) is 10.0. The van der Waals surface area contributed by atoms with Crippen molar-refractivity contribution in [3.63, 3.8) is 0 Å². The van der Waals surface area contributed by atoms with Crippen LogP contribution in [-0.2, 0) is 0 Å². The minimum Gasteiger partial charge on any atom is -0.391 e. The first-order valence-corrected chi connectivity index (χ1v) is 3.94. The van der Waals surface area contributed by atoms with Crippen LogP contribution in [0.2, 0.25) is 0 Å². The number of hydrogen-bond donors (Lipinski definition) is 3. The van der Waals surface area contributed by atoms with Crippen molar-refractivity contribution in [2.75, 3.05) is 30.6 Å². The van der Waals surface area contributed by atoms with Gasteiger partial charge in [0, 0.05) is 14.1 Å². The summed E-state index contributed by atoms with van der Waals surface area (Å²) in [5.41, 5.74) is 10.5. The molecule has 0 saturated heterocycles. The van der Waals surface area contributed by atoms with Crippen molar-refractivity contribution in [1.29, 1.82) is 0 Å². The summed E-state index contributed by atoms with van der Waals surface area (Å²) in [7, 11) is 3.48. The predicted octanol–water partition coefficient (Wildman–Crippen LogP) is -0.732. The topological polar surface area (TPSA) is 93.1 Å². The third-order valence-corrected chi connectivity index (χ3v) is 1.84. The highest BCUT2D eigenvalue weighted by atomic mass is 32.1. The highest BCUT2D eigenvalue weighted by molar-refractivity contribution is 7.71. The zero-order valence-electron chi connectivity index (χ0n) is 7.37. The minimum atomic E-state index is -0.458. The minimum absolute atomic E-state index is 0.0256. The summed E-state index contributed by atoms with van der Waals surface area (Å²) in [5, 5.41) is 1.63. The lowest BCUT2D eigenvalue weighted by Gasteiger charge is -2.19. The number of aromatic amines is 1. The van der Waals surface area contributed by atoms with E-state index >= 15 is 0 Å². The molecule has 6 nitrogen and oxygen atoms in total. The Kier molecular flexibility index (Phi) is 2.28. The van der Waals surface area contributed by atoms with Gasteiger partial charge in [0.15, 0.2) is 5.82 Å². The number of nitrogens with two attached hydrogens (primary N) is 2. The van der Waals surface area contributed by atoms with Crippen LogP contribution in [0, 0.1) is 4.77 Å². The Morgan fingerprint density at radius 2 is 2.00 bits per heavy atom. The molecule has 1 rings (SSSR count). The molecule has 0 aromatic carbocycles. The number of hydrogen-bond acceptors (Lipinski definition) is 5. The van der Waals surface area contributed by atoms with E-state index in [0.717, 1.165) is 0 Å². The number of nitrogens with zero attached hydrogens (tertiary/aromatic N) is 2. The van der Waals surface area contributed by atoms with Crippen LogP contribution in [0.3, 0.4) is 0 Å². The van der Waals surface area contributed by atoms with Crippen LogP contribution < -0.4 is 22.0 Å². The molecule has 5 N–H and O–H groups in total. The van der Waals surface area contributed by atoms with Crippen LogP contribution in [0.4, 0.5) is 11.5 Å². The Morgan fingerprint density at radius 1 is 1.46 bits per heavy atom. The first-order chi connectivity index (χ1) is 5.95. The lowest BCUT2D eigenvalue weighted by Crippen LogP contribution is -2.32. The highest BCUT2D eigenvalue weighted by Crippen LogP contribution is 2.07. The molecule has 1 heterocycles. The van der Waals surface area contributed by atoms with Gasteiger partial charge in [0.2, 0.25) is 4.77 Å². The van der Waals surface area contributed by atoms with Gasteiger partial charge in [-0.2, -0.15) is 0 Å². The lowest BCUT2D eigenvalue weighted by molar-refractivity contribution is 0.704.